The van der Waals surface area contributed by atoms with Crippen LogP contribution in [-0.4, -0.2) is 47.3 Å². The molecule has 1 unspecified atom stereocenters. The molecule has 6 heteroatoms. The second kappa shape index (κ2) is 8.22. The Hall–Kier alpha value is -3.28. The van der Waals surface area contributed by atoms with Crippen molar-refractivity contribution in [1.29, 1.82) is 0 Å². The number of aromatic nitrogens is 2. The minimum atomic E-state index is 0.0490. The van der Waals surface area contributed by atoms with Gasteiger partial charge in [0.15, 0.2) is 0 Å². The summed E-state index contributed by atoms with van der Waals surface area (Å²) in [5.41, 5.74) is 6.22. The Morgan fingerprint density at radius 1 is 1.13 bits per heavy atom. The van der Waals surface area contributed by atoms with Gasteiger partial charge in [0.05, 0.1) is 6.20 Å². The smallest absolute Gasteiger partial charge is 0.317 e. The molecule has 1 atom stereocenters. The highest BCUT2D eigenvalue weighted by Gasteiger charge is 2.29. The lowest BCUT2D eigenvalue weighted by Crippen LogP contribution is -2.39. The Morgan fingerprint density at radius 2 is 2.03 bits per heavy atom. The van der Waals surface area contributed by atoms with Crippen LogP contribution in [-0.2, 0) is 13.0 Å². The predicted molar refractivity (Wildman–Crippen MR) is 118 cm³/mol. The molecule has 6 nitrogen and oxygen atoms in total. The van der Waals surface area contributed by atoms with Gasteiger partial charge in [-0.1, -0.05) is 36.4 Å². The number of amides is 2. The topological polar surface area (TPSA) is 64.3 Å². The number of nitrogens with zero attached hydrogens (tertiary/aromatic N) is 3. The van der Waals surface area contributed by atoms with E-state index in [9.17, 15) is 4.79 Å². The molecule has 3 aromatic rings. The fourth-order valence-corrected chi connectivity index (χ4v) is 4.61. The van der Waals surface area contributed by atoms with Crippen molar-refractivity contribution in [3.05, 3.63) is 72.1 Å². The average molecular weight is 402 g/mol. The summed E-state index contributed by atoms with van der Waals surface area (Å²) in [6.45, 7) is 4.33. The molecule has 30 heavy (non-hydrogen) atoms. The number of carbonyl (C=O) groups is 1. The van der Waals surface area contributed by atoms with E-state index < -0.39 is 0 Å². The molecule has 2 aliphatic heterocycles. The van der Waals surface area contributed by atoms with Crippen LogP contribution in [0.5, 0.6) is 0 Å². The van der Waals surface area contributed by atoms with E-state index in [2.05, 4.69) is 38.6 Å². The van der Waals surface area contributed by atoms with Crippen molar-refractivity contribution in [3.8, 4) is 11.1 Å². The maximum Gasteiger partial charge on any atom is 0.317 e. The summed E-state index contributed by atoms with van der Waals surface area (Å²) in [6.07, 6.45) is 5.95. The Balaban J connectivity index is 1.16. The molecule has 0 spiro atoms. The molecule has 2 amide bonds. The number of urea groups is 1. The number of nitrogens with one attached hydrogen (secondary N) is 2. The van der Waals surface area contributed by atoms with Gasteiger partial charge in [-0.05, 0) is 47.6 Å². The zero-order valence-corrected chi connectivity index (χ0v) is 17.1. The Kier molecular flexibility index (Phi) is 5.13. The monoisotopic (exact) mass is 401 g/mol. The quantitative estimate of drug-likeness (QED) is 0.686. The van der Waals surface area contributed by atoms with Gasteiger partial charge in [-0.2, -0.15) is 5.10 Å². The molecular weight excluding hydrogens is 374 g/mol. The van der Waals surface area contributed by atoms with Crippen molar-refractivity contribution in [2.24, 2.45) is 5.92 Å². The maximum absolute atomic E-state index is 12.5. The van der Waals surface area contributed by atoms with E-state index in [4.69, 9.17) is 0 Å². The Bertz CT molecular complexity index is 1000. The van der Waals surface area contributed by atoms with Crippen LogP contribution in [0.3, 0.4) is 0 Å². The van der Waals surface area contributed by atoms with Gasteiger partial charge in [0.2, 0.25) is 0 Å². The Labute approximate surface area is 176 Å². The first-order valence-electron chi connectivity index (χ1n) is 10.7. The SMILES string of the molecule is O=C(NCc1ccccc1)N1CCC(CN2CCc3cc(-c4cn[nH]c4)ccc32)C1. The van der Waals surface area contributed by atoms with E-state index in [1.165, 1.54) is 16.8 Å². The van der Waals surface area contributed by atoms with Crippen LogP contribution in [0.15, 0.2) is 60.9 Å². The zero-order valence-electron chi connectivity index (χ0n) is 17.1. The minimum Gasteiger partial charge on any atom is -0.371 e. The molecule has 154 valence electrons. The van der Waals surface area contributed by atoms with Gasteiger partial charge in [0.1, 0.15) is 0 Å². The van der Waals surface area contributed by atoms with Crippen molar-refractivity contribution in [2.45, 2.75) is 19.4 Å². The summed E-state index contributed by atoms with van der Waals surface area (Å²) in [6, 6.07) is 16.8. The molecule has 2 aliphatic rings. The lowest BCUT2D eigenvalue weighted by atomic mass is 10.0. The fraction of sp³-hybridized carbons (Fsp3) is 0.333. The largest absolute Gasteiger partial charge is 0.371 e. The molecule has 2 aromatic carbocycles. The van der Waals surface area contributed by atoms with E-state index in [0.717, 1.165) is 50.1 Å². The minimum absolute atomic E-state index is 0.0490. The third kappa shape index (κ3) is 3.90. The number of likely N-dealkylation sites (tertiary alicyclic amines) is 1. The van der Waals surface area contributed by atoms with Crippen LogP contribution in [0, 0.1) is 5.92 Å². The first kappa shape index (κ1) is 18.7. The van der Waals surface area contributed by atoms with E-state index in [0.29, 0.717) is 12.5 Å². The lowest BCUT2D eigenvalue weighted by molar-refractivity contribution is 0.206. The number of benzene rings is 2. The molecular formula is C24H27N5O. The zero-order chi connectivity index (χ0) is 20.3. The summed E-state index contributed by atoms with van der Waals surface area (Å²) in [4.78, 5) is 17.0. The maximum atomic E-state index is 12.5. The van der Waals surface area contributed by atoms with Crippen molar-refractivity contribution in [1.82, 2.24) is 20.4 Å². The van der Waals surface area contributed by atoms with Crippen molar-refractivity contribution in [3.63, 3.8) is 0 Å². The third-order valence-electron chi connectivity index (χ3n) is 6.24. The highest BCUT2D eigenvalue weighted by Crippen LogP contribution is 2.33. The summed E-state index contributed by atoms with van der Waals surface area (Å²) >= 11 is 0. The van der Waals surface area contributed by atoms with Gasteiger partial charge in [0.25, 0.3) is 0 Å². The number of hydrogen-bond donors (Lipinski definition) is 2. The molecule has 0 bridgehead atoms. The highest BCUT2D eigenvalue weighted by molar-refractivity contribution is 5.74. The number of H-pyrrole nitrogens is 1. The molecule has 3 heterocycles. The first-order valence-corrected chi connectivity index (χ1v) is 10.7. The fourth-order valence-electron chi connectivity index (χ4n) is 4.61. The second-order valence-electron chi connectivity index (χ2n) is 8.27. The number of hydrogen-bond acceptors (Lipinski definition) is 3. The molecule has 0 radical (unpaired) electrons. The summed E-state index contributed by atoms with van der Waals surface area (Å²) in [5.74, 6) is 0.520. The van der Waals surface area contributed by atoms with Crippen molar-refractivity contribution < 1.29 is 4.79 Å². The predicted octanol–water partition coefficient (Wildman–Crippen LogP) is 3.67. The van der Waals surface area contributed by atoms with E-state index in [1.54, 1.807) is 0 Å². The summed E-state index contributed by atoms with van der Waals surface area (Å²) in [7, 11) is 0. The van der Waals surface area contributed by atoms with Gasteiger partial charge < -0.3 is 15.1 Å². The molecule has 1 saturated heterocycles. The number of fused-ring (bicyclic) bond motifs is 1. The van der Waals surface area contributed by atoms with E-state index >= 15 is 0 Å². The van der Waals surface area contributed by atoms with Crippen molar-refractivity contribution in [2.75, 3.05) is 31.1 Å². The molecule has 2 N–H and O–H groups in total. The second-order valence-corrected chi connectivity index (χ2v) is 8.27. The normalized spacial score (nSPS) is 17.9. The average Bonchev–Trinajstić information content (AvgIpc) is 3.54. The number of aromatic amines is 1. The summed E-state index contributed by atoms with van der Waals surface area (Å²) in [5, 5.41) is 10.00. The molecule has 1 fully saturated rings. The number of carbonyl (C=O) groups excluding carboxylic acids is 1. The van der Waals surface area contributed by atoms with Crippen LogP contribution in [0.2, 0.25) is 0 Å². The van der Waals surface area contributed by atoms with Crippen LogP contribution >= 0.6 is 0 Å². The number of anilines is 1. The number of rotatable bonds is 5. The molecule has 0 aliphatic carbocycles. The lowest BCUT2D eigenvalue weighted by Gasteiger charge is -2.24. The van der Waals surface area contributed by atoms with Gasteiger partial charge in [-0.15, -0.1) is 0 Å². The van der Waals surface area contributed by atoms with Crippen LogP contribution in [0.1, 0.15) is 17.5 Å². The molecule has 1 aromatic heterocycles. The van der Waals surface area contributed by atoms with Gasteiger partial charge >= 0.3 is 6.03 Å². The third-order valence-corrected chi connectivity index (χ3v) is 6.24. The van der Waals surface area contributed by atoms with Gasteiger partial charge in [-0.3, -0.25) is 5.10 Å². The first-order chi connectivity index (χ1) is 14.8. The van der Waals surface area contributed by atoms with Gasteiger partial charge in [0, 0.05) is 50.2 Å². The highest BCUT2D eigenvalue weighted by atomic mass is 16.2. The van der Waals surface area contributed by atoms with Gasteiger partial charge in [-0.25, -0.2) is 4.79 Å². The summed E-state index contributed by atoms with van der Waals surface area (Å²) < 4.78 is 0. The van der Waals surface area contributed by atoms with Crippen LogP contribution in [0.25, 0.3) is 11.1 Å². The van der Waals surface area contributed by atoms with E-state index in [1.807, 2.05) is 47.6 Å². The van der Waals surface area contributed by atoms with Crippen molar-refractivity contribution >= 4 is 11.7 Å². The molecule has 0 saturated carbocycles. The standard InChI is InChI=1S/C24H27N5O/c30-24(25-13-18-4-2-1-3-5-18)29-10-8-19(17-29)16-28-11-9-21-12-20(6-7-23(21)28)22-14-26-27-15-22/h1-7,12,14-15,19H,8-11,13,16-17H2,(H,25,30)(H,26,27). The van der Waals surface area contributed by atoms with Crippen LogP contribution in [0.4, 0.5) is 10.5 Å². The van der Waals surface area contributed by atoms with E-state index in [-0.39, 0.29) is 6.03 Å². The van der Waals surface area contributed by atoms with Crippen LogP contribution < -0.4 is 10.2 Å². The Morgan fingerprint density at radius 3 is 2.87 bits per heavy atom. The molecule has 5 rings (SSSR count).